The lowest BCUT2D eigenvalue weighted by molar-refractivity contribution is 0.103. The molecule has 0 saturated carbocycles. The van der Waals surface area contributed by atoms with Gasteiger partial charge in [0.2, 0.25) is 5.78 Å². The minimum Gasteiger partial charge on any atom is -0.495 e. The average Bonchev–Trinajstić information content (AvgIpc) is 2.93. The number of hydrogen-bond acceptors (Lipinski definition) is 4. The van der Waals surface area contributed by atoms with Crippen LogP contribution in [-0.2, 0) is 16.8 Å². The number of ether oxygens (including phenoxy) is 1. The van der Waals surface area contributed by atoms with Crippen molar-refractivity contribution >= 4 is 38.1 Å². The van der Waals surface area contributed by atoms with Gasteiger partial charge in [0.1, 0.15) is 17.0 Å². The molecule has 2 rings (SSSR count). The number of carbonyl (C=O) groups is 1. The van der Waals surface area contributed by atoms with Gasteiger partial charge in [0.25, 0.3) is 5.56 Å². The highest BCUT2D eigenvalue weighted by Crippen LogP contribution is 2.36. The lowest BCUT2D eigenvalue weighted by Gasteiger charge is -2.16. The van der Waals surface area contributed by atoms with Crippen LogP contribution in [-0.4, -0.2) is 38.5 Å². The molecule has 1 unspecified atom stereocenters. The minimum absolute atomic E-state index is 0.0275. The van der Waals surface area contributed by atoms with Crippen molar-refractivity contribution in [3.05, 3.63) is 44.8 Å². The summed E-state index contributed by atoms with van der Waals surface area (Å²) in [6.07, 6.45) is 4.40. The number of ketones is 1. The number of aromatic amines is 1. The molecule has 0 amide bonds. The lowest BCUT2D eigenvalue weighted by Crippen LogP contribution is -2.20. The van der Waals surface area contributed by atoms with Crippen LogP contribution in [0.2, 0.25) is 5.02 Å². The van der Waals surface area contributed by atoms with Gasteiger partial charge in [-0.05, 0) is 23.9 Å². The van der Waals surface area contributed by atoms with E-state index in [0.717, 1.165) is 6.42 Å². The predicted molar refractivity (Wildman–Crippen MR) is 106 cm³/mol. The Morgan fingerprint density at radius 1 is 1.42 bits per heavy atom. The fourth-order valence-electron chi connectivity index (χ4n) is 2.36. The van der Waals surface area contributed by atoms with E-state index in [-0.39, 0.29) is 21.8 Å². The summed E-state index contributed by atoms with van der Waals surface area (Å²) in [5, 5.41) is 4.39. The average molecular weight is 400 g/mol. The van der Waals surface area contributed by atoms with Gasteiger partial charge in [-0.2, -0.15) is 0 Å². The summed E-state index contributed by atoms with van der Waals surface area (Å²) in [4.78, 5) is 24.8. The molecule has 142 valence electrons. The van der Waals surface area contributed by atoms with Gasteiger partial charge in [-0.1, -0.05) is 24.9 Å². The fourth-order valence-corrected chi connectivity index (χ4v) is 4.08. The number of unbranched alkanes of at least 4 members (excludes halogenated alkanes) is 1. The van der Waals surface area contributed by atoms with Crippen molar-refractivity contribution in [3.63, 3.8) is 0 Å². The van der Waals surface area contributed by atoms with Gasteiger partial charge in [-0.25, -0.2) is 4.21 Å². The fraction of sp³-hybridized carbons (Fsp3) is 0.353. The Kier molecular flexibility index (Phi) is 6.20. The van der Waals surface area contributed by atoms with Gasteiger partial charge >= 0.3 is 0 Å². The molecule has 1 aromatic heterocycles. The van der Waals surface area contributed by atoms with Crippen LogP contribution in [0, 0.1) is 0 Å². The molecule has 1 aromatic carbocycles. The summed E-state index contributed by atoms with van der Waals surface area (Å²) in [6.45, 7) is 1.98. The number of halogens is 1. The van der Waals surface area contributed by atoms with E-state index in [2.05, 4.69) is 9.82 Å². The van der Waals surface area contributed by atoms with Crippen molar-refractivity contribution in [3.8, 4) is 5.75 Å². The molecule has 26 heavy (non-hydrogen) atoms. The Bertz CT molecular complexity index is 1000. The first kappa shape index (κ1) is 20.1. The number of anilines is 1. The zero-order chi connectivity index (χ0) is 19.5. The van der Waals surface area contributed by atoms with Gasteiger partial charge in [-0.3, -0.25) is 14.3 Å². The number of rotatable bonds is 7. The number of H-pyrrole nitrogens is 1. The molecule has 7 nitrogen and oxygen atoms in total. The summed E-state index contributed by atoms with van der Waals surface area (Å²) in [5.74, 6) is -0.171. The smallest absolute Gasteiger partial charge is 0.277 e. The summed E-state index contributed by atoms with van der Waals surface area (Å²) in [7, 11) is 0.428. The van der Waals surface area contributed by atoms with Gasteiger partial charge < -0.3 is 14.6 Å². The maximum Gasteiger partial charge on any atom is 0.277 e. The van der Waals surface area contributed by atoms with Gasteiger partial charge in [0.05, 0.1) is 12.1 Å². The Morgan fingerprint density at radius 2 is 2.12 bits per heavy atom. The number of hydrogen-bond donors (Lipinski definition) is 2. The van der Waals surface area contributed by atoms with Crippen molar-refractivity contribution in [2.24, 2.45) is 7.05 Å². The molecular weight excluding hydrogens is 378 g/mol. The Morgan fingerprint density at radius 3 is 2.65 bits per heavy atom. The van der Waals surface area contributed by atoms with Crippen LogP contribution in [0.3, 0.4) is 0 Å². The SMILES string of the molecule is CCCC=S(C)(=O)Nc1c(OC)ccc(C(=O)c2c[nH]n(C)c2=O)c1Cl. The molecule has 2 aromatic rings. The van der Waals surface area contributed by atoms with E-state index in [0.29, 0.717) is 12.2 Å². The summed E-state index contributed by atoms with van der Waals surface area (Å²) < 4.78 is 22.1. The van der Waals surface area contributed by atoms with Crippen LogP contribution in [0.15, 0.2) is 23.1 Å². The highest BCUT2D eigenvalue weighted by molar-refractivity contribution is 8.01. The third-order valence-corrected chi connectivity index (χ3v) is 5.65. The number of benzene rings is 1. The maximum absolute atomic E-state index is 12.7. The number of nitrogens with zero attached hydrogens (tertiary/aromatic N) is 1. The van der Waals surface area contributed by atoms with Crippen LogP contribution in [0.25, 0.3) is 0 Å². The van der Waals surface area contributed by atoms with E-state index in [1.54, 1.807) is 17.7 Å². The molecule has 9 heteroatoms. The first-order valence-corrected chi connectivity index (χ1v) is 10.4. The molecule has 0 saturated heterocycles. The zero-order valence-corrected chi connectivity index (χ0v) is 16.7. The second-order valence-corrected chi connectivity index (χ2v) is 8.57. The zero-order valence-electron chi connectivity index (χ0n) is 15.1. The second-order valence-electron chi connectivity index (χ2n) is 5.85. The first-order valence-electron chi connectivity index (χ1n) is 7.97. The first-order chi connectivity index (χ1) is 12.2. The predicted octanol–water partition coefficient (Wildman–Crippen LogP) is 2.45. The second kappa shape index (κ2) is 8.01. The van der Waals surface area contributed by atoms with Crippen molar-refractivity contribution < 1.29 is 13.7 Å². The minimum atomic E-state index is -2.54. The normalized spacial score (nSPS) is 13.1. The molecule has 0 bridgehead atoms. The van der Waals surface area contributed by atoms with Crippen molar-refractivity contribution in [2.45, 2.75) is 19.8 Å². The van der Waals surface area contributed by atoms with Crippen molar-refractivity contribution in [1.29, 1.82) is 0 Å². The standard InChI is InChI=1S/C17H22ClN3O4S/c1-5-6-9-26(4,24)20-15-13(25-3)8-7-11(14(15)18)16(22)12-10-19-21(2)17(12)23/h7-10,19H,5-6H2,1-4H3,(H,20,24). The van der Waals surface area contributed by atoms with Crippen LogP contribution in [0.5, 0.6) is 5.75 Å². The van der Waals surface area contributed by atoms with Crippen LogP contribution in [0.4, 0.5) is 5.69 Å². The van der Waals surface area contributed by atoms with E-state index >= 15 is 0 Å². The van der Waals surface area contributed by atoms with Crippen LogP contribution in [0.1, 0.15) is 35.7 Å². The molecule has 2 N–H and O–H groups in total. The largest absolute Gasteiger partial charge is 0.495 e. The van der Waals surface area contributed by atoms with Crippen LogP contribution < -0.4 is 15.0 Å². The quantitative estimate of drug-likeness (QED) is 0.552. The number of nitrogens with one attached hydrogen (secondary N) is 2. The Labute approximate surface area is 157 Å². The molecule has 0 radical (unpaired) electrons. The topological polar surface area (TPSA) is 93.2 Å². The number of aromatic nitrogens is 2. The van der Waals surface area contributed by atoms with Gasteiger partial charge in [0.15, 0.2) is 0 Å². The molecule has 0 spiro atoms. The van der Waals surface area contributed by atoms with Crippen molar-refractivity contribution in [1.82, 2.24) is 9.78 Å². The van der Waals surface area contributed by atoms with Gasteiger partial charge in [0, 0.05) is 34.8 Å². The van der Waals surface area contributed by atoms with E-state index in [4.69, 9.17) is 16.3 Å². The number of carbonyl (C=O) groups excluding carboxylic acids is 1. The monoisotopic (exact) mass is 399 g/mol. The van der Waals surface area contributed by atoms with E-state index in [1.165, 1.54) is 31.1 Å². The van der Waals surface area contributed by atoms with E-state index in [9.17, 15) is 13.8 Å². The van der Waals surface area contributed by atoms with Crippen molar-refractivity contribution in [2.75, 3.05) is 18.1 Å². The van der Waals surface area contributed by atoms with Gasteiger partial charge in [-0.15, -0.1) is 0 Å². The summed E-state index contributed by atoms with van der Waals surface area (Å²) in [6, 6.07) is 3.03. The van der Waals surface area contributed by atoms with E-state index < -0.39 is 21.1 Å². The molecule has 0 aliphatic carbocycles. The molecule has 0 aliphatic rings. The summed E-state index contributed by atoms with van der Waals surface area (Å²) >= 11 is 6.41. The summed E-state index contributed by atoms with van der Waals surface area (Å²) in [5.41, 5.74) is -0.100. The highest BCUT2D eigenvalue weighted by atomic mass is 35.5. The highest BCUT2D eigenvalue weighted by Gasteiger charge is 2.22. The van der Waals surface area contributed by atoms with Crippen LogP contribution >= 0.6 is 11.6 Å². The third kappa shape index (κ3) is 4.13. The number of aryl methyl sites for hydroxylation is 1. The number of methoxy groups -OCH3 is 1. The maximum atomic E-state index is 12.7. The lowest BCUT2D eigenvalue weighted by atomic mass is 10.1. The Balaban J connectivity index is 2.55. The molecule has 1 atom stereocenters. The van der Waals surface area contributed by atoms with E-state index in [1.807, 2.05) is 6.92 Å². The molecule has 0 aliphatic heterocycles. The molecule has 0 fully saturated rings. The molecular formula is C17H22ClN3O4S. The Hall–Kier alpha value is -2.19. The molecule has 1 heterocycles. The third-order valence-electron chi connectivity index (χ3n) is 3.78.